The zero-order valence-corrected chi connectivity index (χ0v) is 16.4. The van der Waals surface area contributed by atoms with Crippen LogP contribution in [0.4, 0.5) is 11.4 Å². The van der Waals surface area contributed by atoms with Crippen molar-refractivity contribution >= 4 is 28.9 Å². The molecule has 0 unspecified atom stereocenters. The van der Waals surface area contributed by atoms with Crippen molar-refractivity contribution < 1.29 is 4.79 Å². The highest BCUT2D eigenvalue weighted by Crippen LogP contribution is 2.24. The number of nitrogens with one attached hydrogen (secondary N) is 1. The Kier molecular flexibility index (Phi) is 5.84. The van der Waals surface area contributed by atoms with Crippen molar-refractivity contribution in [2.45, 2.75) is 20.8 Å². The van der Waals surface area contributed by atoms with Crippen molar-refractivity contribution in [1.82, 2.24) is 4.90 Å². The van der Waals surface area contributed by atoms with E-state index >= 15 is 0 Å². The van der Waals surface area contributed by atoms with Gasteiger partial charge in [0.1, 0.15) is 0 Å². The average Bonchev–Trinajstić information content (AvgIpc) is 2.61. The quantitative estimate of drug-likeness (QED) is 0.881. The number of halogens is 1. The summed E-state index contributed by atoms with van der Waals surface area (Å²) in [5, 5.41) is 3.61. The molecule has 5 heteroatoms. The van der Waals surface area contributed by atoms with E-state index in [2.05, 4.69) is 47.2 Å². The van der Waals surface area contributed by atoms with Gasteiger partial charge in [-0.05, 0) is 55.7 Å². The molecule has 2 aromatic rings. The van der Waals surface area contributed by atoms with Crippen LogP contribution in [-0.2, 0) is 4.79 Å². The van der Waals surface area contributed by atoms with Gasteiger partial charge >= 0.3 is 0 Å². The molecular weight excluding hydrogens is 346 g/mol. The van der Waals surface area contributed by atoms with Crippen molar-refractivity contribution in [3.63, 3.8) is 0 Å². The highest BCUT2D eigenvalue weighted by Gasteiger charge is 2.20. The average molecular weight is 372 g/mol. The number of rotatable bonds is 4. The SMILES string of the molecule is Cc1ccc(Cl)cc1NC(=O)CN1CCN(c2cccc(C)c2C)CC1. The zero-order valence-electron chi connectivity index (χ0n) is 15.7. The fourth-order valence-corrected chi connectivity index (χ4v) is 3.52. The van der Waals surface area contributed by atoms with Crippen LogP contribution in [-0.4, -0.2) is 43.5 Å². The number of hydrogen-bond acceptors (Lipinski definition) is 3. The topological polar surface area (TPSA) is 35.6 Å². The Bertz CT molecular complexity index is 798. The second kappa shape index (κ2) is 8.11. The first-order valence-electron chi connectivity index (χ1n) is 9.03. The first-order chi connectivity index (χ1) is 12.4. The summed E-state index contributed by atoms with van der Waals surface area (Å²) in [5.41, 5.74) is 5.78. The molecule has 1 fully saturated rings. The number of anilines is 2. The Labute approximate surface area is 160 Å². The molecule has 1 aliphatic rings. The predicted octanol–water partition coefficient (Wildman–Crippen LogP) is 4.03. The van der Waals surface area contributed by atoms with Crippen LogP contribution in [0.5, 0.6) is 0 Å². The van der Waals surface area contributed by atoms with Crippen LogP contribution in [0.25, 0.3) is 0 Å². The fourth-order valence-electron chi connectivity index (χ4n) is 3.35. The summed E-state index contributed by atoms with van der Waals surface area (Å²) in [4.78, 5) is 17.0. The summed E-state index contributed by atoms with van der Waals surface area (Å²) >= 11 is 6.02. The Hall–Kier alpha value is -2.04. The summed E-state index contributed by atoms with van der Waals surface area (Å²) in [7, 11) is 0. The Morgan fingerprint density at radius 3 is 2.50 bits per heavy atom. The minimum atomic E-state index is 0.00977. The number of amides is 1. The van der Waals surface area contributed by atoms with Crippen LogP contribution in [0, 0.1) is 20.8 Å². The molecule has 1 amide bonds. The third-order valence-corrected chi connectivity index (χ3v) is 5.37. The number of carbonyl (C=O) groups is 1. The Morgan fingerprint density at radius 2 is 1.77 bits per heavy atom. The number of piperazine rings is 1. The van der Waals surface area contributed by atoms with Gasteiger partial charge in [-0.25, -0.2) is 0 Å². The van der Waals surface area contributed by atoms with Crippen LogP contribution in [0.2, 0.25) is 5.02 Å². The van der Waals surface area contributed by atoms with E-state index in [1.165, 1.54) is 16.8 Å². The number of hydrogen-bond donors (Lipinski definition) is 1. The molecule has 1 heterocycles. The highest BCUT2D eigenvalue weighted by atomic mass is 35.5. The lowest BCUT2D eigenvalue weighted by Gasteiger charge is -2.36. The maximum atomic E-state index is 12.4. The van der Waals surface area contributed by atoms with E-state index < -0.39 is 0 Å². The molecule has 1 saturated heterocycles. The van der Waals surface area contributed by atoms with Crippen molar-refractivity contribution in [1.29, 1.82) is 0 Å². The monoisotopic (exact) mass is 371 g/mol. The molecule has 0 aromatic heterocycles. The van der Waals surface area contributed by atoms with Crippen LogP contribution in [0.15, 0.2) is 36.4 Å². The first-order valence-corrected chi connectivity index (χ1v) is 9.41. The lowest BCUT2D eigenvalue weighted by Crippen LogP contribution is -2.48. The summed E-state index contributed by atoms with van der Waals surface area (Å²) in [6.45, 7) is 10.3. The first kappa shape index (κ1) is 18.7. The van der Waals surface area contributed by atoms with Crippen molar-refractivity contribution in [3.8, 4) is 0 Å². The molecule has 0 aliphatic carbocycles. The number of carbonyl (C=O) groups excluding carboxylic acids is 1. The smallest absolute Gasteiger partial charge is 0.238 e. The van der Waals surface area contributed by atoms with Crippen LogP contribution in [0.3, 0.4) is 0 Å². The van der Waals surface area contributed by atoms with Gasteiger partial charge in [0.05, 0.1) is 6.54 Å². The molecule has 3 rings (SSSR count). The van der Waals surface area contributed by atoms with E-state index in [0.717, 1.165) is 37.4 Å². The van der Waals surface area contributed by atoms with Gasteiger partial charge in [0.25, 0.3) is 0 Å². The molecule has 0 spiro atoms. The van der Waals surface area contributed by atoms with Crippen molar-refractivity contribution in [2.24, 2.45) is 0 Å². The normalized spacial score (nSPS) is 15.2. The van der Waals surface area contributed by atoms with Gasteiger partial charge in [0, 0.05) is 42.6 Å². The maximum absolute atomic E-state index is 12.4. The second-order valence-corrected chi connectivity index (χ2v) is 7.43. The number of nitrogens with zero attached hydrogens (tertiary/aromatic N) is 2. The molecule has 4 nitrogen and oxygen atoms in total. The predicted molar refractivity (Wildman–Crippen MR) is 109 cm³/mol. The summed E-state index contributed by atoms with van der Waals surface area (Å²) < 4.78 is 0. The van der Waals surface area contributed by atoms with Gasteiger partial charge in [-0.15, -0.1) is 0 Å². The molecule has 0 saturated carbocycles. The minimum Gasteiger partial charge on any atom is -0.369 e. The standard InChI is InChI=1S/C21H26ClN3O/c1-15-5-4-6-20(17(15)3)25-11-9-24(10-12-25)14-21(26)23-19-13-18(22)8-7-16(19)2/h4-8,13H,9-12,14H2,1-3H3,(H,23,26). The molecule has 1 N–H and O–H groups in total. The molecule has 26 heavy (non-hydrogen) atoms. The highest BCUT2D eigenvalue weighted by molar-refractivity contribution is 6.31. The van der Waals surface area contributed by atoms with E-state index in [4.69, 9.17) is 11.6 Å². The summed E-state index contributed by atoms with van der Waals surface area (Å²) in [6.07, 6.45) is 0. The fraction of sp³-hybridized carbons (Fsp3) is 0.381. The molecule has 0 radical (unpaired) electrons. The van der Waals surface area contributed by atoms with Gasteiger partial charge in [0.15, 0.2) is 0 Å². The van der Waals surface area contributed by atoms with E-state index in [0.29, 0.717) is 11.6 Å². The lowest BCUT2D eigenvalue weighted by molar-refractivity contribution is -0.117. The van der Waals surface area contributed by atoms with Crippen molar-refractivity contribution in [2.75, 3.05) is 42.9 Å². The van der Waals surface area contributed by atoms with Crippen LogP contribution < -0.4 is 10.2 Å². The number of aryl methyl sites for hydroxylation is 2. The van der Waals surface area contributed by atoms with Gasteiger partial charge in [0.2, 0.25) is 5.91 Å². The molecule has 138 valence electrons. The minimum absolute atomic E-state index is 0.00977. The molecule has 1 aliphatic heterocycles. The van der Waals surface area contributed by atoms with E-state index in [1.807, 2.05) is 19.1 Å². The number of benzene rings is 2. The summed E-state index contributed by atoms with van der Waals surface area (Å²) in [6, 6.07) is 12.0. The largest absolute Gasteiger partial charge is 0.369 e. The summed E-state index contributed by atoms with van der Waals surface area (Å²) in [5.74, 6) is 0.00977. The maximum Gasteiger partial charge on any atom is 0.238 e. The van der Waals surface area contributed by atoms with Crippen LogP contribution in [0.1, 0.15) is 16.7 Å². The van der Waals surface area contributed by atoms with E-state index in [-0.39, 0.29) is 5.91 Å². The van der Waals surface area contributed by atoms with Gasteiger partial charge in [-0.3, -0.25) is 9.69 Å². The Morgan fingerprint density at radius 1 is 1.04 bits per heavy atom. The molecule has 2 aromatic carbocycles. The molecule has 0 bridgehead atoms. The van der Waals surface area contributed by atoms with Gasteiger partial charge < -0.3 is 10.2 Å². The zero-order chi connectivity index (χ0) is 18.7. The van der Waals surface area contributed by atoms with Crippen LogP contribution >= 0.6 is 11.6 Å². The lowest BCUT2D eigenvalue weighted by atomic mass is 10.1. The molecule has 0 atom stereocenters. The third-order valence-electron chi connectivity index (χ3n) is 5.13. The Balaban J connectivity index is 1.54. The van der Waals surface area contributed by atoms with Gasteiger partial charge in [-0.2, -0.15) is 0 Å². The third kappa shape index (κ3) is 4.37. The van der Waals surface area contributed by atoms with E-state index in [1.54, 1.807) is 6.07 Å². The second-order valence-electron chi connectivity index (χ2n) is 6.99. The van der Waals surface area contributed by atoms with E-state index in [9.17, 15) is 4.79 Å². The molecular formula is C21H26ClN3O. The van der Waals surface area contributed by atoms with Gasteiger partial charge in [-0.1, -0.05) is 29.8 Å². The van der Waals surface area contributed by atoms with Crippen molar-refractivity contribution in [3.05, 3.63) is 58.1 Å².